The average Bonchev–Trinajstić information content (AvgIpc) is 3.03. The average molecular weight is 448 g/mol. The summed E-state index contributed by atoms with van der Waals surface area (Å²) in [6.07, 6.45) is 0. The van der Waals surface area contributed by atoms with E-state index in [0.29, 0.717) is 23.5 Å². The summed E-state index contributed by atoms with van der Waals surface area (Å²) < 4.78 is 33.8. The monoisotopic (exact) mass is 447 g/mol. The van der Waals surface area contributed by atoms with Crippen molar-refractivity contribution in [2.24, 2.45) is 4.99 Å². The van der Waals surface area contributed by atoms with Crippen molar-refractivity contribution in [3.8, 4) is 0 Å². The fourth-order valence-electron chi connectivity index (χ4n) is 3.20. The lowest BCUT2D eigenvalue weighted by atomic mass is 10.1. The second kappa shape index (κ2) is 8.81. The Morgan fingerprint density at radius 3 is 2.43 bits per heavy atom. The van der Waals surface area contributed by atoms with Crippen LogP contribution in [-0.2, 0) is 21.3 Å². The summed E-state index contributed by atoms with van der Waals surface area (Å²) in [7, 11) is 1.02. The van der Waals surface area contributed by atoms with Gasteiger partial charge < -0.3 is 9.30 Å². The van der Waals surface area contributed by atoms with Crippen LogP contribution in [0.3, 0.4) is 0 Å². The number of carbonyl (C=O) groups is 1. The van der Waals surface area contributed by atoms with Gasteiger partial charge in [-0.25, -0.2) is 12.7 Å². The van der Waals surface area contributed by atoms with Gasteiger partial charge in [-0.2, -0.15) is 4.99 Å². The van der Waals surface area contributed by atoms with E-state index in [-0.39, 0.29) is 4.90 Å². The summed E-state index contributed by atoms with van der Waals surface area (Å²) in [6, 6.07) is 10.0. The fourth-order valence-corrected chi connectivity index (χ4v) is 5.33. The van der Waals surface area contributed by atoms with E-state index in [1.54, 1.807) is 7.11 Å². The molecule has 0 aliphatic heterocycles. The first-order valence-corrected chi connectivity index (χ1v) is 11.6. The third-order valence-corrected chi connectivity index (χ3v) is 7.56. The van der Waals surface area contributed by atoms with Crippen LogP contribution in [0.1, 0.15) is 21.5 Å². The Hall–Kier alpha value is -2.33. The van der Waals surface area contributed by atoms with Crippen molar-refractivity contribution in [1.82, 2.24) is 8.87 Å². The third-order valence-electron chi connectivity index (χ3n) is 4.71. The molecule has 0 aliphatic carbocycles. The standard InChI is InChI=1S/C21H25N3O4S2/c1-14-12-15(2)19-18(13-14)29-21(24(19)10-11-28-5)22-20(25)16-6-8-17(9-7-16)30(26,27)23(3)4/h6-9,12-13H,10-11H2,1-5H3. The number of hydrogen-bond donors (Lipinski definition) is 0. The molecule has 0 radical (unpaired) electrons. The lowest BCUT2D eigenvalue weighted by Gasteiger charge is -2.11. The molecule has 0 spiro atoms. The molecule has 160 valence electrons. The maximum Gasteiger partial charge on any atom is 0.279 e. The highest BCUT2D eigenvalue weighted by molar-refractivity contribution is 7.89. The Bertz CT molecular complexity index is 1250. The Morgan fingerprint density at radius 2 is 1.83 bits per heavy atom. The lowest BCUT2D eigenvalue weighted by Crippen LogP contribution is -2.22. The topological polar surface area (TPSA) is 81.0 Å². The highest BCUT2D eigenvalue weighted by Crippen LogP contribution is 2.23. The molecule has 0 saturated heterocycles. The molecule has 2 aromatic carbocycles. The first-order valence-electron chi connectivity index (χ1n) is 9.36. The molecule has 3 aromatic rings. The number of thiazole rings is 1. The number of nitrogens with zero attached hydrogens (tertiary/aromatic N) is 3. The number of hydrogen-bond acceptors (Lipinski definition) is 5. The number of aryl methyl sites for hydroxylation is 2. The van der Waals surface area contributed by atoms with E-state index >= 15 is 0 Å². The van der Waals surface area contributed by atoms with Crippen molar-refractivity contribution in [3.63, 3.8) is 0 Å². The van der Waals surface area contributed by atoms with E-state index < -0.39 is 15.9 Å². The smallest absolute Gasteiger partial charge is 0.279 e. The largest absolute Gasteiger partial charge is 0.383 e. The predicted octanol–water partition coefficient (Wildman–Crippen LogP) is 2.96. The summed E-state index contributed by atoms with van der Waals surface area (Å²) in [4.78, 5) is 17.9. The minimum absolute atomic E-state index is 0.132. The maximum absolute atomic E-state index is 12.8. The number of aromatic nitrogens is 1. The van der Waals surface area contributed by atoms with Gasteiger partial charge in [0.05, 0.1) is 21.7 Å². The molecule has 1 amide bonds. The van der Waals surface area contributed by atoms with Gasteiger partial charge in [-0.1, -0.05) is 17.4 Å². The van der Waals surface area contributed by atoms with E-state index in [9.17, 15) is 13.2 Å². The number of rotatable bonds is 6. The summed E-state index contributed by atoms with van der Waals surface area (Å²) in [6.45, 7) is 5.15. The van der Waals surface area contributed by atoms with Crippen LogP contribution in [0.2, 0.25) is 0 Å². The van der Waals surface area contributed by atoms with E-state index in [2.05, 4.69) is 17.1 Å². The van der Waals surface area contributed by atoms with Crippen LogP contribution in [0.25, 0.3) is 10.2 Å². The Kier molecular flexibility index (Phi) is 6.56. The highest BCUT2D eigenvalue weighted by Gasteiger charge is 2.18. The predicted molar refractivity (Wildman–Crippen MR) is 118 cm³/mol. The lowest BCUT2D eigenvalue weighted by molar-refractivity contribution is 0.0997. The highest BCUT2D eigenvalue weighted by atomic mass is 32.2. The molecule has 3 rings (SSSR count). The van der Waals surface area contributed by atoms with Crippen LogP contribution in [0.4, 0.5) is 0 Å². The molecule has 1 heterocycles. The number of ether oxygens (including phenoxy) is 1. The molecule has 0 atom stereocenters. The minimum atomic E-state index is -3.55. The van der Waals surface area contributed by atoms with Gasteiger partial charge in [-0.3, -0.25) is 4.79 Å². The zero-order valence-corrected chi connectivity index (χ0v) is 19.3. The van der Waals surface area contributed by atoms with Crippen LogP contribution >= 0.6 is 11.3 Å². The van der Waals surface area contributed by atoms with Gasteiger partial charge in [0.25, 0.3) is 5.91 Å². The van der Waals surface area contributed by atoms with Crippen molar-refractivity contribution in [3.05, 3.63) is 57.9 Å². The molecule has 0 saturated carbocycles. The third kappa shape index (κ3) is 4.39. The number of sulfonamides is 1. The molecule has 0 unspecified atom stereocenters. The van der Waals surface area contributed by atoms with Crippen molar-refractivity contribution >= 4 is 37.5 Å². The Labute approximate surface area is 180 Å². The molecule has 30 heavy (non-hydrogen) atoms. The van der Waals surface area contributed by atoms with Crippen molar-refractivity contribution < 1.29 is 17.9 Å². The van der Waals surface area contributed by atoms with Gasteiger partial charge in [-0.05, 0) is 55.3 Å². The number of carbonyl (C=O) groups excluding carboxylic acids is 1. The van der Waals surface area contributed by atoms with Crippen LogP contribution in [-0.4, -0.2) is 51.0 Å². The first kappa shape index (κ1) is 22.4. The molecule has 1 aromatic heterocycles. The van der Waals surface area contributed by atoms with E-state index in [4.69, 9.17) is 4.74 Å². The quantitative estimate of drug-likeness (QED) is 0.582. The fraction of sp³-hybridized carbons (Fsp3) is 0.333. The molecular formula is C21H25N3O4S2. The van der Waals surface area contributed by atoms with Gasteiger partial charge in [0.15, 0.2) is 4.80 Å². The summed E-state index contributed by atoms with van der Waals surface area (Å²) in [5, 5.41) is 0. The zero-order valence-electron chi connectivity index (χ0n) is 17.7. The molecule has 0 fully saturated rings. The van der Waals surface area contributed by atoms with Crippen molar-refractivity contribution in [2.45, 2.75) is 25.3 Å². The summed E-state index contributed by atoms with van der Waals surface area (Å²) in [5.74, 6) is -0.420. The van der Waals surface area contributed by atoms with Gasteiger partial charge >= 0.3 is 0 Å². The molecule has 9 heteroatoms. The number of fused-ring (bicyclic) bond motifs is 1. The van der Waals surface area contributed by atoms with Crippen LogP contribution < -0.4 is 4.80 Å². The Morgan fingerprint density at radius 1 is 1.17 bits per heavy atom. The van der Waals surface area contributed by atoms with Crippen molar-refractivity contribution in [2.75, 3.05) is 27.8 Å². The molecule has 0 aliphatic rings. The van der Waals surface area contributed by atoms with E-state index in [1.807, 2.05) is 18.4 Å². The van der Waals surface area contributed by atoms with Crippen molar-refractivity contribution in [1.29, 1.82) is 0 Å². The van der Waals surface area contributed by atoms with Gasteiger partial charge in [0, 0.05) is 33.3 Å². The number of methoxy groups -OCH3 is 1. The zero-order chi connectivity index (χ0) is 22.1. The summed E-state index contributed by atoms with van der Waals surface area (Å²) in [5.41, 5.74) is 3.64. The molecule has 0 N–H and O–H groups in total. The first-order chi connectivity index (χ1) is 14.1. The number of benzene rings is 2. The normalized spacial score (nSPS) is 12.8. The van der Waals surface area contributed by atoms with Crippen LogP contribution in [0, 0.1) is 13.8 Å². The van der Waals surface area contributed by atoms with E-state index in [1.165, 1.54) is 49.7 Å². The molecular weight excluding hydrogens is 422 g/mol. The maximum atomic E-state index is 12.8. The van der Waals surface area contributed by atoms with E-state index in [0.717, 1.165) is 25.6 Å². The Balaban J connectivity index is 2.06. The van der Waals surface area contributed by atoms with Crippen LogP contribution in [0.15, 0.2) is 46.3 Å². The second-order valence-corrected chi connectivity index (χ2v) is 10.3. The molecule has 0 bridgehead atoms. The van der Waals surface area contributed by atoms with Gasteiger partial charge in [-0.15, -0.1) is 0 Å². The molecule has 7 nitrogen and oxygen atoms in total. The number of amides is 1. The second-order valence-electron chi connectivity index (χ2n) is 7.19. The van der Waals surface area contributed by atoms with Crippen LogP contribution in [0.5, 0.6) is 0 Å². The van der Waals surface area contributed by atoms with Gasteiger partial charge in [0.1, 0.15) is 0 Å². The SMILES string of the molecule is COCCn1c(=NC(=O)c2ccc(S(=O)(=O)N(C)C)cc2)sc2cc(C)cc(C)c21. The summed E-state index contributed by atoms with van der Waals surface area (Å²) >= 11 is 1.45. The minimum Gasteiger partial charge on any atom is -0.383 e. The van der Waals surface area contributed by atoms with Gasteiger partial charge in [0.2, 0.25) is 10.0 Å².